The van der Waals surface area contributed by atoms with Crippen LogP contribution in [-0.2, 0) is 21.5 Å². The van der Waals surface area contributed by atoms with Gasteiger partial charge in [0.1, 0.15) is 6.04 Å². The number of urea groups is 1. The molecule has 1 fully saturated rings. The van der Waals surface area contributed by atoms with Crippen LogP contribution in [0, 0.1) is 5.92 Å². The summed E-state index contributed by atoms with van der Waals surface area (Å²) >= 11 is 0. The third-order valence-electron chi connectivity index (χ3n) is 6.21. The Hall–Kier alpha value is -2.83. The van der Waals surface area contributed by atoms with Gasteiger partial charge in [0.25, 0.3) is 5.91 Å². The average molecular weight is 369 g/mol. The second-order valence-electron chi connectivity index (χ2n) is 7.62. The van der Waals surface area contributed by atoms with Gasteiger partial charge in [-0.25, -0.2) is 14.5 Å². The molecule has 0 bridgehead atoms. The normalized spacial score (nSPS) is 24.1. The monoisotopic (exact) mass is 369 g/mol. The number of amides is 3. The van der Waals surface area contributed by atoms with Crippen LogP contribution < -0.4 is 0 Å². The van der Waals surface area contributed by atoms with Crippen molar-refractivity contribution < 1.29 is 19.5 Å². The molecule has 2 aliphatic heterocycles. The lowest BCUT2D eigenvalue weighted by Gasteiger charge is -2.36. The summed E-state index contributed by atoms with van der Waals surface area (Å²) < 4.78 is 0. The molecule has 27 heavy (non-hydrogen) atoms. The zero-order valence-corrected chi connectivity index (χ0v) is 15.7. The Morgan fingerprint density at radius 1 is 1.33 bits per heavy atom. The fourth-order valence-electron chi connectivity index (χ4n) is 4.50. The number of imide groups is 1. The number of H-pyrrole nitrogens is 1. The maximum atomic E-state index is 13.5. The van der Waals surface area contributed by atoms with E-state index in [2.05, 4.69) is 4.98 Å². The lowest BCUT2D eigenvalue weighted by atomic mass is 9.86. The van der Waals surface area contributed by atoms with Crippen LogP contribution in [0.2, 0.25) is 0 Å². The first-order valence-electron chi connectivity index (χ1n) is 9.30. The Labute approximate surface area is 156 Å². The van der Waals surface area contributed by atoms with Gasteiger partial charge >= 0.3 is 12.0 Å². The number of fused-ring (bicyclic) bond motifs is 5. The number of aromatic amines is 1. The van der Waals surface area contributed by atoms with Crippen LogP contribution in [0.3, 0.4) is 0 Å². The first kappa shape index (κ1) is 17.6. The van der Waals surface area contributed by atoms with Crippen molar-refractivity contribution in [1.82, 2.24) is 14.8 Å². The summed E-state index contributed by atoms with van der Waals surface area (Å²) in [7, 11) is 0. The summed E-state index contributed by atoms with van der Waals surface area (Å²) in [5.41, 5.74) is 1.44. The number of nitrogens with one attached hydrogen (secondary N) is 1. The van der Waals surface area contributed by atoms with Gasteiger partial charge in [0, 0.05) is 17.4 Å². The standard InChI is InChI=1S/C20H23N3O4/c1-4-11(2)15(17(24)25)23-18(26)20(3)16-13(9-10-22(20)19(23)27)12-7-5-6-8-14(12)21-16/h5-8,11,15,21H,4,9-10H2,1-3H3,(H,24,25)/t11-,15-,20+/m0/s1. The number of aliphatic carboxylic acids is 1. The fourth-order valence-corrected chi connectivity index (χ4v) is 4.50. The number of carboxylic acids is 1. The third kappa shape index (κ3) is 2.17. The van der Waals surface area contributed by atoms with E-state index in [1.54, 1.807) is 13.8 Å². The number of carboxylic acid groups (broad SMARTS) is 1. The maximum Gasteiger partial charge on any atom is 0.328 e. The van der Waals surface area contributed by atoms with Gasteiger partial charge in [0.15, 0.2) is 5.54 Å². The van der Waals surface area contributed by atoms with Crippen molar-refractivity contribution in [1.29, 1.82) is 0 Å². The molecule has 1 aromatic heterocycles. The molecule has 0 radical (unpaired) electrons. The van der Waals surface area contributed by atoms with E-state index >= 15 is 0 Å². The molecule has 0 saturated carbocycles. The van der Waals surface area contributed by atoms with Gasteiger partial charge in [0.2, 0.25) is 0 Å². The molecule has 0 aliphatic carbocycles. The number of aromatic nitrogens is 1. The lowest BCUT2D eigenvalue weighted by Crippen LogP contribution is -2.50. The van der Waals surface area contributed by atoms with Crippen LogP contribution in [0.5, 0.6) is 0 Å². The van der Waals surface area contributed by atoms with E-state index in [1.807, 2.05) is 31.2 Å². The van der Waals surface area contributed by atoms with Crippen molar-refractivity contribution >= 4 is 28.8 Å². The maximum absolute atomic E-state index is 13.5. The van der Waals surface area contributed by atoms with Crippen molar-refractivity contribution in [2.45, 2.75) is 45.2 Å². The largest absolute Gasteiger partial charge is 0.480 e. The summed E-state index contributed by atoms with van der Waals surface area (Å²) in [6.07, 6.45) is 1.19. The summed E-state index contributed by atoms with van der Waals surface area (Å²) in [6.45, 7) is 5.72. The Balaban J connectivity index is 1.87. The van der Waals surface area contributed by atoms with E-state index in [0.29, 0.717) is 25.1 Å². The van der Waals surface area contributed by atoms with Gasteiger partial charge in [-0.3, -0.25) is 4.79 Å². The molecule has 3 heterocycles. The minimum atomic E-state index is -1.20. The van der Waals surface area contributed by atoms with E-state index in [4.69, 9.17) is 0 Å². The lowest BCUT2D eigenvalue weighted by molar-refractivity contribution is -0.150. The number of benzene rings is 1. The van der Waals surface area contributed by atoms with Gasteiger partial charge in [-0.1, -0.05) is 38.5 Å². The quantitative estimate of drug-likeness (QED) is 0.810. The van der Waals surface area contributed by atoms with Crippen molar-refractivity contribution in [3.05, 3.63) is 35.5 Å². The van der Waals surface area contributed by atoms with E-state index in [9.17, 15) is 19.5 Å². The highest BCUT2D eigenvalue weighted by Crippen LogP contribution is 2.45. The van der Waals surface area contributed by atoms with E-state index < -0.39 is 29.5 Å². The number of carbonyl (C=O) groups excluding carboxylic acids is 2. The molecule has 2 aromatic rings. The number of nitrogens with zero attached hydrogens (tertiary/aromatic N) is 2. The molecule has 142 valence electrons. The molecular weight excluding hydrogens is 346 g/mol. The molecule has 1 aromatic carbocycles. The predicted octanol–water partition coefficient (Wildman–Crippen LogP) is 2.70. The highest BCUT2D eigenvalue weighted by atomic mass is 16.4. The van der Waals surface area contributed by atoms with Gasteiger partial charge in [-0.05, 0) is 30.9 Å². The van der Waals surface area contributed by atoms with Crippen LogP contribution in [0.4, 0.5) is 4.79 Å². The Morgan fingerprint density at radius 2 is 2.04 bits per heavy atom. The van der Waals surface area contributed by atoms with Crippen LogP contribution >= 0.6 is 0 Å². The van der Waals surface area contributed by atoms with E-state index in [0.717, 1.165) is 21.4 Å². The van der Waals surface area contributed by atoms with Gasteiger partial charge in [-0.2, -0.15) is 0 Å². The van der Waals surface area contributed by atoms with Gasteiger partial charge < -0.3 is 15.0 Å². The first-order valence-corrected chi connectivity index (χ1v) is 9.30. The van der Waals surface area contributed by atoms with Gasteiger partial charge in [-0.15, -0.1) is 0 Å². The second kappa shape index (κ2) is 5.84. The van der Waals surface area contributed by atoms with Crippen LogP contribution in [0.1, 0.15) is 38.4 Å². The molecular formula is C20H23N3O4. The molecule has 2 aliphatic rings. The van der Waals surface area contributed by atoms with Crippen molar-refractivity contribution in [3.8, 4) is 0 Å². The number of rotatable bonds is 4. The molecule has 4 rings (SSSR count). The fraction of sp³-hybridized carbons (Fsp3) is 0.450. The highest BCUT2D eigenvalue weighted by molar-refractivity contribution is 6.10. The highest BCUT2D eigenvalue weighted by Gasteiger charge is 2.61. The minimum Gasteiger partial charge on any atom is -0.480 e. The molecule has 0 unspecified atom stereocenters. The zero-order chi connectivity index (χ0) is 19.5. The molecule has 0 spiro atoms. The molecule has 3 amide bonds. The number of hydrogen-bond acceptors (Lipinski definition) is 3. The smallest absolute Gasteiger partial charge is 0.328 e. The second-order valence-corrected chi connectivity index (χ2v) is 7.62. The van der Waals surface area contributed by atoms with Gasteiger partial charge in [0.05, 0.1) is 5.69 Å². The topological polar surface area (TPSA) is 93.7 Å². The van der Waals surface area contributed by atoms with Crippen molar-refractivity contribution in [2.24, 2.45) is 5.92 Å². The molecule has 1 saturated heterocycles. The molecule has 7 nitrogen and oxygen atoms in total. The first-order chi connectivity index (χ1) is 12.8. The van der Waals surface area contributed by atoms with Crippen LogP contribution in [0.25, 0.3) is 10.9 Å². The summed E-state index contributed by atoms with van der Waals surface area (Å²) in [5.74, 6) is -1.94. The summed E-state index contributed by atoms with van der Waals surface area (Å²) in [4.78, 5) is 44.3. The van der Waals surface area contributed by atoms with Crippen molar-refractivity contribution in [2.75, 3.05) is 6.54 Å². The summed E-state index contributed by atoms with van der Waals surface area (Å²) in [6, 6.07) is 6.14. The summed E-state index contributed by atoms with van der Waals surface area (Å²) in [5, 5.41) is 10.8. The van der Waals surface area contributed by atoms with E-state index in [1.165, 1.54) is 4.90 Å². The Morgan fingerprint density at radius 3 is 2.70 bits per heavy atom. The molecule has 7 heteroatoms. The Kier molecular flexibility index (Phi) is 3.80. The minimum absolute atomic E-state index is 0.331. The average Bonchev–Trinajstić information content (AvgIpc) is 3.12. The number of para-hydroxylation sites is 1. The predicted molar refractivity (Wildman–Crippen MR) is 99.2 cm³/mol. The third-order valence-corrected chi connectivity index (χ3v) is 6.21. The number of hydrogen-bond donors (Lipinski definition) is 2. The molecule has 3 atom stereocenters. The van der Waals surface area contributed by atoms with E-state index in [-0.39, 0.29) is 5.92 Å². The van der Waals surface area contributed by atoms with Crippen LogP contribution in [-0.4, -0.2) is 50.4 Å². The molecule has 2 N–H and O–H groups in total. The van der Waals surface area contributed by atoms with Crippen molar-refractivity contribution in [3.63, 3.8) is 0 Å². The van der Waals surface area contributed by atoms with Crippen LogP contribution in [0.15, 0.2) is 24.3 Å². The zero-order valence-electron chi connectivity index (χ0n) is 15.7. The SMILES string of the molecule is CC[C@H](C)[C@@H](C(=O)O)N1C(=O)N2CCc3c([nH]c4ccccc34)[C@]2(C)C1=O. The number of carbonyl (C=O) groups is 3. The Bertz CT molecular complexity index is 965.